The molecule has 1 aliphatic heterocycles. The number of carbonyl (C=O) groups is 2. The minimum absolute atomic E-state index is 0.0322. The summed E-state index contributed by atoms with van der Waals surface area (Å²) in [6.07, 6.45) is 0. The fraction of sp³-hybridized carbons (Fsp3) is 0.125. The van der Waals surface area contributed by atoms with Crippen molar-refractivity contribution in [1.29, 1.82) is 0 Å². The Hall–Kier alpha value is -1.91. The topological polar surface area (TPSA) is 79.3 Å². The fourth-order valence-corrected chi connectivity index (χ4v) is 1.22. The van der Waals surface area contributed by atoms with E-state index in [4.69, 9.17) is 5.11 Å². The number of carboxylic acid groups (broad SMARTS) is 1. The summed E-state index contributed by atoms with van der Waals surface area (Å²) in [7, 11) is 0. The second-order valence-corrected chi connectivity index (χ2v) is 2.68. The van der Waals surface area contributed by atoms with Crippen molar-refractivity contribution < 1.29 is 14.7 Å². The first-order valence-electron chi connectivity index (χ1n) is 3.70. The van der Waals surface area contributed by atoms with Gasteiger partial charge in [-0.2, -0.15) is 0 Å². The maximum atomic E-state index is 11.0. The molecule has 1 aromatic heterocycles. The van der Waals surface area contributed by atoms with Gasteiger partial charge in [0, 0.05) is 0 Å². The number of fused-ring (bicyclic) bond motifs is 1. The normalized spacial score (nSPS) is 13.7. The van der Waals surface area contributed by atoms with Crippen molar-refractivity contribution in [3.63, 3.8) is 0 Å². The van der Waals surface area contributed by atoms with Gasteiger partial charge in [-0.25, -0.2) is 9.78 Å². The van der Waals surface area contributed by atoms with Gasteiger partial charge >= 0.3 is 5.97 Å². The number of rotatable bonds is 1. The molecular weight excluding hydrogens is 172 g/mol. The first-order valence-corrected chi connectivity index (χ1v) is 3.70. The molecule has 0 unspecified atom stereocenters. The van der Waals surface area contributed by atoms with Crippen molar-refractivity contribution in [3.05, 3.63) is 29.1 Å². The van der Waals surface area contributed by atoms with E-state index in [2.05, 4.69) is 10.3 Å². The third kappa shape index (κ3) is 1.14. The minimum Gasteiger partial charge on any atom is -0.477 e. The third-order valence-electron chi connectivity index (χ3n) is 1.85. The fourth-order valence-electron chi connectivity index (χ4n) is 1.22. The van der Waals surface area contributed by atoms with Gasteiger partial charge in [0.2, 0.25) is 0 Å². The van der Waals surface area contributed by atoms with E-state index in [1.165, 1.54) is 12.1 Å². The molecule has 13 heavy (non-hydrogen) atoms. The molecule has 2 heterocycles. The Balaban J connectivity index is 2.51. The number of carbonyl (C=O) groups excluding carboxylic acids is 1. The Kier molecular flexibility index (Phi) is 1.51. The maximum Gasteiger partial charge on any atom is 0.354 e. The summed E-state index contributed by atoms with van der Waals surface area (Å²) in [5.41, 5.74) is 0.935. The molecule has 1 amide bonds. The van der Waals surface area contributed by atoms with Crippen molar-refractivity contribution in [2.75, 3.05) is 0 Å². The van der Waals surface area contributed by atoms with Gasteiger partial charge in [-0.3, -0.25) is 4.79 Å². The van der Waals surface area contributed by atoms with Gasteiger partial charge in [-0.05, 0) is 12.1 Å². The SMILES string of the molecule is O=C(O)c1ccc2c(n1)CNC2=O. The number of aromatic nitrogens is 1. The lowest BCUT2D eigenvalue weighted by Gasteiger charge is -1.96. The van der Waals surface area contributed by atoms with Crippen molar-refractivity contribution in [1.82, 2.24) is 10.3 Å². The molecule has 0 aromatic carbocycles. The largest absolute Gasteiger partial charge is 0.477 e. The zero-order chi connectivity index (χ0) is 9.42. The summed E-state index contributed by atoms with van der Waals surface area (Å²) < 4.78 is 0. The lowest BCUT2D eigenvalue weighted by Crippen LogP contribution is -2.12. The van der Waals surface area contributed by atoms with Crippen LogP contribution in [0.4, 0.5) is 0 Å². The molecule has 0 saturated heterocycles. The lowest BCUT2D eigenvalue weighted by atomic mass is 10.2. The number of nitrogens with one attached hydrogen (secondary N) is 1. The number of hydrogen-bond donors (Lipinski definition) is 2. The molecule has 5 heteroatoms. The van der Waals surface area contributed by atoms with Gasteiger partial charge in [0.15, 0.2) is 0 Å². The molecule has 2 rings (SSSR count). The van der Waals surface area contributed by atoms with E-state index in [0.717, 1.165) is 0 Å². The predicted molar refractivity (Wildman–Crippen MR) is 42.4 cm³/mol. The van der Waals surface area contributed by atoms with Crippen LogP contribution >= 0.6 is 0 Å². The van der Waals surface area contributed by atoms with Crippen LogP contribution in [0.5, 0.6) is 0 Å². The van der Waals surface area contributed by atoms with Gasteiger partial charge in [-0.1, -0.05) is 0 Å². The van der Waals surface area contributed by atoms with Gasteiger partial charge < -0.3 is 10.4 Å². The maximum absolute atomic E-state index is 11.0. The molecular formula is C8H6N2O3. The molecule has 1 aromatic rings. The number of amides is 1. The summed E-state index contributed by atoms with van der Waals surface area (Å²) in [5, 5.41) is 11.2. The molecule has 5 nitrogen and oxygen atoms in total. The van der Waals surface area contributed by atoms with Crippen LogP contribution in [-0.2, 0) is 6.54 Å². The standard InChI is InChI=1S/C8H6N2O3/c11-7-4-1-2-5(8(12)13)10-6(4)3-9-7/h1-2H,3H2,(H,9,11)(H,12,13). The number of nitrogens with zero attached hydrogens (tertiary/aromatic N) is 1. The molecule has 0 saturated carbocycles. The quantitative estimate of drug-likeness (QED) is 0.635. The van der Waals surface area contributed by atoms with E-state index >= 15 is 0 Å². The Morgan fingerprint density at radius 2 is 2.31 bits per heavy atom. The number of pyridine rings is 1. The highest BCUT2D eigenvalue weighted by molar-refractivity contribution is 5.98. The van der Waals surface area contributed by atoms with Crippen molar-refractivity contribution in [2.45, 2.75) is 6.54 Å². The van der Waals surface area contributed by atoms with E-state index in [-0.39, 0.29) is 11.6 Å². The second kappa shape index (κ2) is 2.55. The molecule has 66 valence electrons. The Morgan fingerprint density at radius 3 is 3.00 bits per heavy atom. The van der Waals surface area contributed by atoms with Crippen LogP contribution in [0.3, 0.4) is 0 Å². The van der Waals surface area contributed by atoms with Crippen molar-refractivity contribution >= 4 is 11.9 Å². The predicted octanol–water partition coefficient (Wildman–Crippen LogP) is 0.0232. The van der Waals surface area contributed by atoms with Crippen LogP contribution in [0.15, 0.2) is 12.1 Å². The second-order valence-electron chi connectivity index (χ2n) is 2.68. The van der Waals surface area contributed by atoms with Crippen LogP contribution in [0, 0.1) is 0 Å². The summed E-state index contributed by atoms with van der Waals surface area (Å²) in [4.78, 5) is 25.4. The lowest BCUT2D eigenvalue weighted by molar-refractivity contribution is 0.0689. The molecule has 0 spiro atoms. The highest BCUT2D eigenvalue weighted by atomic mass is 16.4. The van der Waals surface area contributed by atoms with Gasteiger partial charge in [0.05, 0.1) is 17.8 Å². The summed E-state index contributed by atoms with van der Waals surface area (Å²) in [5.74, 6) is -1.28. The molecule has 1 aliphatic rings. The molecule has 2 N–H and O–H groups in total. The highest BCUT2D eigenvalue weighted by Gasteiger charge is 2.21. The van der Waals surface area contributed by atoms with Crippen LogP contribution in [0.1, 0.15) is 26.5 Å². The van der Waals surface area contributed by atoms with Crippen LogP contribution in [0.25, 0.3) is 0 Å². The van der Waals surface area contributed by atoms with Crippen LogP contribution in [-0.4, -0.2) is 22.0 Å². The zero-order valence-corrected chi connectivity index (χ0v) is 6.57. The summed E-state index contributed by atoms with van der Waals surface area (Å²) >= 11 is 0. The Bertz CT molecular complexity index is 400. The Morgan fingerprint density at radius 1 is 1.54 bits per heavy atom. The van der Waals surface area contributed by atoms with Gasteiger partial charge in [0.1, 0.15) is 5.69 Å². The summed E-state index contributed by atoms with van der Waals surface area (Å²) in [6.45, 7) is 0.315. The van der Waals surface area contributed by atoms with E-state index in [0.29, 0.717) is 17.8 Å². The molecule has 0 atom stereocenters. The molecule has 0 radical (unpaired) electrons. The average molecular weight is 178 g/mol. The molecule has 0 fully saturated rings. The van der Waals surface area contributed by atoms with Gasteiger partial charge in [0.25, 0.3) is 5.91 Å². The third-order valence-corrected chi connectivity index (χ3v) is 1.85. The smallest absolute Gasteiger partial charge is 0.354 e. The highest BCUT2D eigenvalue weighted by Crippen LogP contribution is 2.13. The number of aromatic carboxylic acids is 1. The van der Waals surface area contributed by atoms with Crippen molar-refractivity contribution in [2.24, 2.45) is 0 Å². The van der Waals surface area contributed by atoms with Crippen LogP contribution in [0.2, 0.25) is 0 Å². The zero-order valence-electron chi connectivity index (χ0n) is 6.57. The average Bonchev–Trinajstić information content (AvgIpc) is 2.47. The monoisotopic (exact) mass is 178 g/mol. The summed E-state index contributed by atoms with van der Waals surface area (Å²) in [6, 6.07) is 2.81. The van der Waals surface area contributed by atoms with E-state index in [9.17, 15) is 9.59 Å². The van der Waals surface area contributed by atoms with Crippen molar-refractivity contribution in [3.8, 4) is 0 Å². The molecule has 0 bridgehead atoms. The number of hydrogen-bond acceptors (Lipinski definition) is 3. The first kappa shape index (κ1) is 7.72. The van der Waals surface area contributed by atoms with Crippen LogP contribution < -0.4 is 5.32 Å². The van der Waals surface area contributed by atoms with Gasteiger partial charge in [-0.15, -0.1) is 0 Å². The Labute approximate surface area is 73.4 Å². The first-order chi connectivity index (χ1) is 6.18. The number of carboxylic acids is 1. The van der Waals surface area contributed by atoms with E-state index in [1.807, 2.05) is 0 Å². The minimum atomic E-state index is -1.08. The molecule has 0 aliphatic carbocycles. The van der Waals surface area contributed by atoms with E-state index < -0.39 is 5.97 Å². The van der Waals surface area contributed by atoms with E-state index in [1.54, 1.807) is 0 Å².